The maximum Gasteiger partial charge on any atom is 0.533 e. The van der Waals surface area contributed by atoms with Crippen molar-refractivity contribution in [1.29, 1.82) is 0 Å². The average molecular weight is 719 g/mol. The summed E-state index contributed by atoms with van der Waals surface area (Å²) < 4.78 is 16.1. The van der Waals surface area contributed by atoms with Crippen molar-refractivity contribution in [2.45, 2.75) is 57.8 Å². The molecule has 52 heavy (non-hydrogen) atoms. The number of aldehydes is 1. The number of hydroxylamine groups is 2. The highest BCUT2D eigenvalue weighted by Crippen LogP contribution is 2.47. The molecular formula is C37H42N4O11. The van der Waals surface area contributed by atoms with E-state index in [0.29, 0.717) is 76.6 Å². The zero-order chi connectivity index (χ0) is 37.6. The monoisotopic (exact) mass is 718 g/mol. The van der Waals surface area contributed by atoms with Crippen LogP contribution in [0.3, 0.4) is 0 Å². The molecule has 2 aliphatic rings. The van der Waals surface area contributed by atoms with Gasteiger partial charge in [0.15, 0.2) is 0 Å². The molecule has 1 aliphatic heterocycles. The van der Waals surface area contributed by atoms with Crippen molar-refractivity contribution in [2.75, 3.05) is 38.2 Å². The van der Waals surface area contributed by atoms with Crippen LogP contribution in [0.4, 0.5) is 10.5 Å². The number of hydrogen-bond acceptors (Lipinski definition) is 11. The van der Waals surface area contributed by atoms with Crippen molar-refractivity contribution in [2.24, 2.45) is 0 Å². The quantitative estimate of drug-likeness (QED) is 0.0588. The Morgan fingerprint density at radius 2 is 1.58 bits per heavy atom. The summed E-state index contributed by atoms with van der Waals surface area (Å²) in [5, 5.41) is 8.76. The van der Waals surface area contributed by atoms with E-state index in [1.165, 1.54) is 0 Å². The minimum absolute atomic E-state index is 0.0465. The average Bonchev–Trinajstić information content (AvgIpc) is 3.61. The molecule has 1 unspecified atom stereocenters. The minimum atomic E-state index is -1.25. The van der Waals surface area contributed by atoms with Crippen LogP contribution in [0.5, 0.6) is 0 Å². The summed E-state index contributed by atoms with van der Waals surface area (Å²) in [6.07, 6.45) is 0.534. The van der Waals surface area contributed by atoms with E-state index in [9.17, 15) is 33.6 Å². The third kappa shape index (κ3) is 10.5. The topological polar surface area (TPSA) is 196 Å². The molecule has 3 N–H and O–H groups in total. The summed E-state index contributed by atoms with van der Waals surface area (Å²) in [6, 6.07) is 10.2. The molecule has 1 atom stereocenters. The van der Waals surface area contributed by atoms with E-state index in [1.807, 2.05) is 6.92 Å². The number of allylic oxidation sites excluding steroid dienone is 2. The lowest BCUT2D eigenvalue weighted by molar-refractivity contribution is -0.177. The second kappa shape index (κ2) is 18.8. The highest BCUT2D eigenvalue weighted by atomic mass is 16.8. The molecule has 15 nitrogen and oxygen atoms in total. The van der Waals surface area contributed by atoms with Gasteiger partial charge in [-0.1, -0.05) is 43.3 Å². The standard InChI is InChI=1S/C37H42N4O11/c1-4-23(2)49-19-16-38-31(43)9-6-10-32(44)40-25-11-12-27-29(21-25)30(22-51-37(48)52-41-33(45)13-14-34(41)46)26-7-5-8-28(35(26)27)36(47)39-17-20-50-24(3)15-18-42/h5,7-8,11-12,18,21,30H,2-4,6,9-10,13-17,19-20,22H2,1H3,(H,38,43)(H,39,47)(H,40,44). The van der Waals surface area contributed by atoms with Gasteiger partial charge in [0.2, 0.25) is 11.8 Å². The first kappa shape index (κ1) is 38.8. The predicted molar refractivity (Wildman–Crippen MR) is 186 cm³/mol. The fraction of sp³-hybridized carbons (Fsp3) is 0.378. The lowest BCUT2D eigenvalue weighted by Gasteiger charge is -2.17. The number of carbonyl (C=O) groups is 7. The van der Waals surface area contributed by atoms with Gasteiger partial charge in [-0.3, -0.25) is 28.8 Å². The fourth-order valence-electron chi connectivity index (χ4n) is 5.58. The zero-order valence-electron chi connectivity index (χ0n) is 29.0. The molecular weight excluding hydrogens is 676 g/mol. The minimum Gasteiger partial charge on any atom is -0.497 e. The van der Waals surface area contributed by atoms with E-state index in [0.717, 1.165) is 0 Å². The van der Waals surface area contributed by atoms with E-state index >= 15 is 0 Å². The zero-order valence-corrected chi connectivity index (χ0v) is 29.0. The molecule has 1 heterocycles. The Hall–Kier alpha value is -5.99. The maximum atomic E-state index is 13.4. The van der Waals surface area contributed by atoms with E-state index in [4.69, 9.17) is 19.0 Å². The van der Waals surface area contributed by atoms with Crippen molar-refractivity contribution >= 4 is 47.7 Å². The second-order valence-corrected chi connectivity index (χ2v) is 11.9. The number of carbonyl (C=O) groups excluding carboxylic acids is 7. The van der Waals surface area contributed by atoms with Gasteiger partial charge in [0.25, 0.3) is 17.7 Å². The van der Waals surface area contributed by atoms with Gasteiger partial charge in [-0.15, -0.1) is 0 Å². The van der Waals surface area contributed by atoms with Crippen LogP contribution in [0.25, 0.3) is 11.1 Å². The van der Waals surface area contributed by atoms with Gasteiger partial charge in [-0.25, -0.2) is 4.79 Å². The number of imide groups is 1. The first-order chi connectivity index (χ1) is 25.0. The van der Waals surface area contributed by atoms with Crippen molar-refractivity contribution in [1.82, 2.24) is 15.7 Å². The summed E-state index contributed by atoms with van der Waals surface area (Å²) in [7, 11) is 0. The van der Waals surface area contributed by atoms with Gasteiger partial charge in [-0.2, -0.15) is 0 Å². The Kier molecular flexibility index (Phi) is 14.1. The van der Waals surface area contributed by atoms with Crippen LogP contribution >= 0.6 is 0 Å². The van der Waals surface area contributed by atoms with Crippen LogP contribution in [0.2, 0.25) is 0 Å². The molecule has 2 aromatic carbocycles. The van der Waals surface area contributed by atoms with Crippen molar-refractivity contribution in [3.8, 4) is 11.1 Å². The first-order valence-electron chi connectivity index (χ1n) is 16.9. The van der Waals surface area contributed by atoms with E-state index < -0.39 is 29.8 Å². The van der Waals surface area contributed by atoms with Crippen molar-refractivity contribution < 1.29 is 52.6 Å². The van der Waals surface area contributed by atoms with Gasteiger partial charge < -0.3 is 35.0 Å². The molecule has 5 amide bonds. The molecule has 0 bridgehead atoms. The smallest absolute Gasteiger partial charge is 0.497 e. The fourth-order valence-corrected chi connectivity index (χ4v) is 5.58. The summed E-state index contributed by atoms with van der Waals surface area (Å²) in [4.78, 5) is 90.3. The lowest BCUT2D eigenvalue weighted by atomic mass is 9.96. The van der Waals surface area contributed by atoms with Crippen molar-refractivity contribution in [3.05, 3.63) is 77.8 Å². The first-order valence-corrected chi connectivity index (χ1v) is 16.9. The number of nitrogens with one attached hydrogen (secondary N) is 3. The Balaban J connectivity index is 1.45. The summed E-state index contributed by atoms with van der Waals surface area (Å²) in [5.74, 6) is -1.94. The van der Waals surface area contributed by atoms with Gasteiger partial charge in [0, 0.05) is 49.3 Å². The number of benzene rings is 2. The molecule has 1 fully saturated rings. The van der Waals surface area contributed by atoms with Gasteiger partial charge in [-0.05, 0) is 46.9 Å². The molecule has 4 rings (SSSR count). The van der Waals surface area contributed by atoms with Gasteiger partial charge in [0.1, 0.15) is 26.1 Å². The molecule has 15 heteroatoms. The Morgan fingerprint density at radius 1 is 0.885 bits per heavy atom. The SMILES string of the molecule is C=C(CC)OCCNC(=O)CCCC(=O)Nc1ccc2c(c1)C(COC(=O)ON1C(=O)CCC1=O)c1cccc(C(=O)NCCOC(=C)CC=O)c1-2. The molecule has 2 aromatic rings. The van der Waals surface area contributed by atoms with Crippen LogP contribution in [0.1, 0.15) is 79.3 Å². The molecule has 1 saturated heterocycles. The number of ether oxygens (including phenoxy) is 3. The van der Waals surface area contributed by atoms with Gasteiger partial charge in [0.05, 0.1) is 31.0 Å². The number of fused-ring (bicyclic) bond motifs is 3. The van der Waals surface area contributed by atoms with Gasteiger partial charge >= 0.3 is 6.16 Å². The Labute approximate surface area is 300 Å². The highest BCUT2D eigenvalue weighted by Gasteiger charge is 2.36. The molecule has 1 aliphatic carbocycles. The molecule has 276 valence electrons. The summed E-state index contributed by atoms with van der Waals surface area (Å²) in [6.45, 7) is 9.89. The summed E-state index contributed by atoms with van der Waals surface area (Å²) in [5.41, 5.74) is 3.30. The molecule has 0 aromatic heterocycles. The van der Waals surface area contributed by atoms with E-state index in [-0.39, 0.29) is 69.4 Å². The van der Waals surface area contributed by atoms with E-state index in [2.05, 4.69) is 29.1 Å². The molecule has 0 spiro atoms. The number of anilines is 1. The number of nitrogens with zero attached hydrogens (tertiary/aromatic N) is 1. The Bertz CT molecular complexity index is 1720. The van der Waals surface area contributed by atoms with Crippen LogP contribution < -0.4 is 16.0 Å². The third-order valence-corrected chi connectivity index (χ3v) is 8.17. The number of amides is 5. The summed E-state index contributed by atoms with van der Waals surface area (Å²) >= 11 is 0. The maximum absolute atomic E-state index is 13.4. The highest BCUT2D eigenvalue weighted by molar-refractivity contribution is 6.04. The van der Waals surface area contributed by atoms with Crippen LogP contribution in [-0.4, -0.2) is 80.0 Å². The lowest BCUT2D eigenvalue weighted by Crippen LogP contribution is -2.32. The Morgan fingerprint density at radius 3 is 2.29 bits per heavy atom. The van der Waals surface area contributed by atoms with E-state index in [1.54, 1.807) is 36.4 Å². The second-order valence-electron chi connectivity index (χ2n) is 11.9. The number of hydrogen-bond donors (Lipinski definition) is 3. The third-order valence-electron chi connectivity index (χ3n) is 8.17. The van der Waals surface area contributed by atoms with Crippen LogP contribution in [0, 0.1) is 0 Å². The predicted octanol–water partition coefficient (Wildman–Crippen LogP) is 4.03. The molecule has 0 radical (unpaired) electrons. The van der Waals surface area contributed by atoms with Crippen molar-refractivity contribution in [3.63, 3.8) is 0 Å². The van der Waals surface area contributed by atoms with Crippen LogP contribution in [0.15, 0.2) is 61.1 Å². The largest absolute Gasteiger partial charge is 0.533 e. The normalized spacial score (nSPS) is 14.1. The van der Waals surface area contributed by atoms with Crippen LogP contribution in [-0.2, 0) is 43.0 Å². The molecule has 0 saturated carbocycles. The number of rotatable bonds is 20.